The van der Waals surface area contributed by atoms with Gasteiger partial charge in [0.15, 0.2) is 0 Å². The van der Waals surface area contributed by atoms with Gasteiger partial charge in [-0.1, -0.05) is 6.07 Å². The molecule has 0 spiro atoms. The summed E-state index contributed by atoms with van der Waals surface area (Å²) in [7, 11) is 0. The molecule has 0 aromatic heterocycles. The summed E-state index contributed by atoms with van der Waals surface area (Å²) in [6.45, 7) is 1.52. The van der Waals surface area contributed by atoms with E-state index in [4.69, 9.17) is 5.73 Å². The Labute approximate surface area is 77.1 Å². The lowest BCUT2D eigenvalue weighted by atomic mass is 10.00. The van der Waals surface area contributed by atoms with Gasteiger partial charge < -0.3 is 10.6 Å². The predicted octanol–water partition coefficient (Wildman–Crippen LogP) is 0.783. The third-order valence-corrected chi connectivity index (χ3v) is 2.42. The summed E-state index contributed by atoms with van der Waals surface area (Å²) in [6.07, 6.45) is 1.83. The molecule has 68 valence electrons. The first kappa shape index (κ1) is 8.10. The van der Waals surface area contributed by atoms with E-state index in [9.17, 15) is 4.79 Å². The highest BCUT2D eigenvalue weighted by atomic mass is 16.1. The van der Waals surface area contributed by atoms with Gasteiger partial charge in [-0.15, -0.1) is 0 Å². The molecular formula is C10H12N2O. The zero-order valence-electron chi connectivity index (χ0n) is 7.36. The Kier molecular flexibility index (Phi) is 1.93. The minimum absolute atomic E-state index is 0.698. The zero-order valence-corrected chi connectivity index (χ0v) is 7.36. The number of nitrogens with zero attached hydrogens (tertiary/aromatic N) is 1. The molecule has 0 saturated heterocycles. The topological polar surface area (TPSA) is 46.3 Å². The second kappa shape index (κ2) is 3.09. The van der Waals surface area contributed by atoms with Crippen LogP contribution in [-0.2, 0) is 17.8 Å². The van der Waals surface area contributed by atoms with Crippen LogP contribution in [0.15, 0.2) is 18.2 Å². The normalized spacial score (nSPS) is 15.2. The van der Waals surface area contributed by atoms with Crippen LogP contribution in [0.3, 0.4) is 0 Å². The molecule has 1 aliphatic rings. The van der Waals surface area contributed by atoms with Crippen molar-refractivity contribution in [2.45, 2.75) is 13.0 Å². The number of nitrogen functional groups attached to an aromatic ring is 1. The summed E-state index contributed by atoms with van der Waals surface area (Å²) in [4.78, 5) is 12.3. The highest BCUT2D eigenvalue weighted by Gasteiger charge is 2.13. The Bertz CT molecular complexity index is 336. The molecule has 3 heteroatoms. The van der Waals surface area contributed by atoms with Crippen LogP contribution in [-0.4, -0.2) is 17.9 Å². The van der Waals surface area contributed by atoms with Gasteiger partial charge in [-0.3, -0.25) is 4.79 Å². The van der Waals surface area contributed by atoms with Crippen LogP contribution in [0, 0.1) is 0 Å². The molecule has 3 nitrogen and oxygen atoms in total. The van der Waals surface area contributed by atoms with Crippen LogP contribution in [0.1, 0.15) is 11.1 Å². The largest absolute Gasteiger partial charge is 0.399 e. The zero-order chi connectivity index (χ0) is 9.26. The van der Waals surface area contributed by atoms with Gasteiger partial charge in [0, 0.05) is 18.8 Å². The maximum Gasteiger partial charge on any atom is 0.210 e. The van der Waals surface area contributed by atoms with Crippen LogP contribution < -0.4 is 5.73 Å². The van der Waals surface area contributed by atoms with Crippen molar-refractivity contribution in [1.82, 2.24) is 4.90 Å². The third-order valence-electron chi connectivity index (χ3n) is 2.42. The Morgan fingerprint density at radius 3 is 3.00 bits per heavy atom. The monoisotopic (exact) mass is 176 g/mol. The first-order valence-electron chi connectivity index (χ1n) is 4.36. The van der Waals surface area contributed by atoms with Crippen LogP contribution in [0.2, 0.25) is 0 Å². The van der Waals surface area contributed by atoms with E-state index in [2.05, 4.69) is 0 Å². The van der Waals surface area contributed by atoms with Crippen molar-refractivity contribution >= 4 is 12.1 Å². The highest BCUT2D eigenvalue weighted by Crippen LogP contribution is 2.20. The molecule has 0 fully saturated rings. The van der Waals surface area contributed by atoms with E-state index in [-0.39, 0.29) is 0 Å². The molecule has 0 saturated carbocycles. The second-order valence-corrected chi connectivity index (χ2v) is 3.35. The maximum absolute atomic E-state index is 10.5. The standard InChI is InChI=1S/C10H12N2O/c11-10-2-1-8-3-4-12(7-13)6-9(8)5-10/h1-2,5,7H,3-4,6,11H2. The van der Waals surface area contributed by atoms with E-state index in [0.29, 0.717) is 6.54 Å². The number of amides is 1. The molecule has 2 rings (SSSR count). The van der Waals surface area contributed by atoms with Gasteiger partial charge in [-0.25, -0.2) is 0 Å². The van der Waals surface area contributed by atoms with Crippen molar-refractivity contribution in [2.24, 2.45) is 0 Å². The molecule has 1 aromatic rings. The van der Waals surface area contributed by atoms with E-state index < -0.39 is 0 Å². The fraction of sp³-hybridized carbons (Fsp3) is 0.300. The van der Waals surface area contributed by atoms with E-state index in [1.54, 1.807) is 4.90 Å². The van der Waals surface area contributed by atoms with Crippen LogP contribution in [0.25, 0.3) is 0 Å². The fourth-order valence-electron chi connectivity index (χ4n) is 1.69. The van der Waals surface area contributed by atoms with Crippen molar-refractivity contribution < 1.29 is 4.79 Å². The SMILES string of the molecule is Nc1ccc2c(c1)CN(C=O)CC2. The number of rotatable bonds is 1. The number of fused-ring (bicyclic) bond motifs is 1. The molecule has 0 aliphatic carbocycles. The third kappa shape index (κ3) is 1.49. The Morgan fingerprint density at radius 1 is 1.38 bits per heavy atom. The second-order valence-electron chi connectivity index (χ2n) is 3.35. The van der Waals surface area contributed by atoms with Gasteiger partial charge in [0.25, 0.3) is 0 Å². The van der Waals surface area contributed by atoms with E-state index in [1.165, 1.54) is 11.1 Å². The lowest BCUT2D eigenvalue weighted by Crippen LogP contribution is -2.29. The van der Waals surface area contributed by atoms with Crippen LogP contribution >= 0.6 is 0 Å². The van der Waals surface area contributed by atoms with Gasteiger partial charge >= 0.3 is 0 Å². The van der Waals surface area contributed by atoms with E-state index >= 15 is 0 Å². The lowest BCUT2D eigenvalue weighted by molar-refractivity contribution is -0.118. The first-order chi connectivity index (χ1) is 6.29. The average Bonchev–Trinajstić information content (AvgIpc) is 2.16. The molecular weight excluding hydrogens is 164 g/mol. The summed E-state index contributed by atoms with van der Waals surface area (Å²) in [5.74, 6) is 0. The average molecular weight is 176 g/mol. The molecule has 0 radical (unpaired) electrons. The molecule has 0 atom stereocenters. The number of hydrogen-bond donors (Lipinski definition) is 1. The Morgan fingerprint density at radius 2 is 2.23 bits per heavy atom. The molecule has 0 bridgehead atoms. The number of carbonyl (C=O) groups is 1. The Hall–Kier alpha value is -1.51. The van der Waals surface area contributed by atoms with Crippen molar-refractivity contribution in [2.75, 3.05) is 12.3 Å². The molecule has 2 N–H and O–H groups in total. The van der Waals surface area contributed by atoms with Crippen molar-refractivity contribution in [3.8, 4) is 0 Å². The first-order valence-corrected chi connectivity index (χ1v) is 4.36. The maximum atomic E-state index is 10.5. The van der Waals surface area contributed by atoms with E-state index in [1.807, 2.05) is 18.2 Å². The van der Waals surface area contributed by atoms with Crippen molar-refractivity contribution in [3.63, 3.8) is 0 Å². The summed E-state index contributed by atoms with van der Waals surface area (Å²) < 4.78 is 0. The quantitative estimate of drug-likeness (QED) is 0.507. The summed E-state index contributed by atoms with van der Waals surface area (Å²) in [5, 5.41) is 0. The highest BCUT2D eigenvalue weighted by molar-refractivity contribution is 5.51. The smallest absolute Gasteiger partial charge is 0.210 e. The van der Waals surface area contributed by atoms with Crippen molar-refractivity contribution in [3.05, 3.63) is 29.3 Å². The fourth-order valence-corrected chi connectivity index (χ4v) is 1.69. The molecule has 1 aromatic carbocycles. The summed E-state index contributed by atoms with van der Waals surface area (Å²) >= 11 is 0. The van der Waals surface area contributed by atoms with Crippen LogP contribution in [0.5, 0.6) is 0 Å². The molecule has 1 heterocycles. The molecule has 1 aliphatic heterocycles. The Balaban J connectivity index is 2.32. The van der Waals surface area contributed by atoms with E-state index in [0.717, 1.165) is 25.1 Å². The number of carbonyl (C=O) groups excluding carboxylic acids is 1. The predicted molar refractivity (Wildman–Crippen MR) is 51.0 cm³/mol. The molecule has 1 amide bonds. The lowest BCUT2D eigenvalue weighted by Gasteiger charge is -2.25. The number of benzene rings is 1. The number of hydrogen-bond acceptors (Lipinski definition) is 2. The minimum Gasteiger partial charge on any atom is -0.399 e. The summed E-state index contributed by atoms with van der Waals surface area (Å²) in [6, 6.07) is 5.91. The number of nitrogens with two attached hydrogens (primary N) is 1. The summed E-state index contributed by atoms with van der Waals surface area (Å²) in [5.41, 5.74) is 8.92. The van der Waals surface area contributed by atoms with Crippen LogP contribution in [0.4, 0.5) is 5.69 Å². The van der Waals surface area contributed by atoms with Crippen molar-refractivity contribution in [1.29, 1.82) is 0 Å². The van der Waals surface area contributed by atoms with Gasteiger partial charge in [-0.05, 0) is 29.7 Å². The van der Waals surface area contributed by atoms with Gasteiger partial charge in [0.1, 0.15) is 0 Å². The molecule has 13 heavy (non-hydrogen) atoms. The minimum atomic E-state index is 0.698. The van der Waals surface area contributed by atoms with Gasteiger partial charge in [0.05, 0.1) is 0 Å². The number of anilines is 1. The van der Waals surface area contributed by atoms with Gasteiger partial charge in [0.2, 0.25) is 6.41 Å². The molecule has 0 unspecified atom stereocenters. The van der Waals surface area contributed by atoms with Gasteiger partial charge in [-0.2, -0.15) is 0 Å².